The van der Waals surface area contributed by atoms with E-state index in [0.717, 1.165) is 27.8 Å². The number of pyridine rings is 1. The fourth-order valence-corrected chi connectivity index (χ4v) is 8.17. The van der Waals surface area contributed by atoms with Crippen LogP contribution in [0.3, 0.4) is 0 Å². The van der Waals surface area contributed by atoms with Crippen LogP contribution in [0.15, 0.2) is 64.5 Å². The van der Waals surface area contributed by atoms with Crippen molar-refractivity contribution in [3.8, 4) is 34.4 Å². The van der Waals surface area contributed by atoms with Crippen LogP contribution in [0.1, 0.15) is 44.3 Å². The van der Waals surface area contributed by atoms with E-state index in [9.17, 15) is 19.6 Å². The maximum absolute atomic E-state index is 13.3. The number of methoxy groups -OCH3 is 2. The number of nitriles is 1. The fourth-order valence-electron chi connectivity index (χ4n) is 6.50. The van der Waals surface area contributed by atoms with E-state index in [0.29, 0.717) is 56.7 Å². The molecule has 2 aromatic carbocycles. The maximum atomic E-state index is 13.3. The van der Waals surface area contributed by atoms with Gasteiger partial charge in [-0.15, -0.1) is 22.7 Å². The van der Waals surface area contributed by atoms with Gasteiger partial charge in [0, 0.05) is 48.2 Å². The summed E-state index contributed by atoms with van der Waals surface area (Å²) >= 11 is 2.63. The van der Waals surface area contributed by atoms with Gasteiger partial charge in [0.25, 0.3) is 17.4 Å². The monoisotopic (exact) mass is 752 g/mol. The van der Waals surface area contributed by atoms with E-state index in [1.807, 2.05) is 62.3 Å². The molecule has 0 saturated heterocycles. The SMILES string of the molecule is COc1cc(-c2cn(C)c(=O)c3cc(C(=O)NCCOc4ccc5c(c4)CCN(C(=O)C(C#N)=Cc4nccs4)C5C)sc23)cc(OC)c1CN(C)C. The van der Waals surface area contributed by atoms with Gasteiger partial charge in [-0.05, 0) is 80.5 Å². The van der Waals surface area contributed by atoms with Crippen LogP contribution in [-0.4, -0.2) is 79.2 Å². The minimum absolute atomic E-state index is 0.0580. The van der Waals surface area contributed by atoms with E-state index >= 15 is 0 Å². The van der Waals surface area contributed by atoms with Gasteiger partial charge < -0.3 is 33.9 Å². The lowest BCUT2D eigenvalue weighted by atomic mass is 9.92. The van der Waals surface area contributed by atoms with Crippen LogP contribution in [-0.2, 0) is 24.8 Å². The Balaban J connectivity index is 1.12. The number of nitrogens with zero attached hydrogens (tertiary/aromatic N) is 5. The highest BCUT2D eigenvalue weighted by Gasteiger charge is 2.30. The molecule has 6 rings (SSSR count). The molecule has 1 atom stereocenters. The molecular weight excluding hydrogens is 713 g/mol. The van der Waals surface area contributed by atoms with Gasteiger partial charge in [-0.25, -0.2) is 4.98 Å². The van der Waals surface area contributed by atoms with Crippen LogP contribution in [0.5, 0.6) is 17.2 Å². The quantitative estimate of drug-likeness (QED) is 0.0972. The van der Waals surface area contributed by atoms with Gasteiger partial charge in [-0.2, -0.15) is 5.26 Å². The van der Waals surface area contributed by atoms with Crippen molar-refractivity contribution in [1.82, 2.24) is 24.7 Å². The second kappa shape index (κ2) is 16.0. The highest BCUT2D eigenvalue weighted by Crippen LogP contribution is 2.40. The Labute approximate surface area is 315 Å². The second-order valence-corrected chi connectivity index (χ2v) is 14.8. The first-order valence-corrected chi connectivity index (χ1v) is 18.6. The molecular formula is C39H40N6O6S2. The number of aryl methyl sites for hydroxylation is 1. The molecule has 14 heteroatoms. The third kappa shape index (κ3) is 7.83. The summed E-state index contributed by atoms with van der Waals surface area (Å²) in [5.41, 5.74) is 4.42. The number of rotatable bonds is 12. The highest BCUT2D eigenvalue weighted by molar-refractivity contribution is 7.21. The number of amides is 2. The van der Waals surface area contributed by atoms with Gasteiger partial charge in [0.2, 0.25) is 0 Å². The average molecular weight is 753 g/mol. The zero-order chi connectivity index (χ0) is 37.8. The normalized spacial score (nSPS) is 14.2. The van der Waals surface area contributed by atoms with Gasteiger partial charge in [-0.3, -0.25) is 14.4 Å². The lowest BCUT2D eigenvalue weighted by Gasteiger charge is -2.35. The molecule has 1 unspecified atom stereocenters. The molecule has 0 radical (unpaired) electrons. The predicted octanol–water partition coefficient (Wildman–Crippen LogP) is 5.66. The number of fused-ring (bicyclic) bond motifs is 2. The van der Waals surface area contributed by atoms with Crippen LogP contribution >= 0.6 is 22.7 Å². The predicted molar refractivity (Wildman–Crippen MR) is 207 cm³/mol. The minimum Gasteiger partial charge on any atom is -0.496 e. The van der Waals surface area contributed by atoms with Crippen LogP contribution < -0.4 is 25.1 Å². The highest BCUT2D eigenvalue weighted by atomic mass is 32.1. The molecule has 0 saturated carbocycles. The van der Waals surface area contributed by atoms with E-state index in [1.54, 1.807) is 50.0 Å². The van der Waals surface area contributed by atoms with Crippen LogP contribution in [0, 0.1) is 11.3 Å². The third-order valence-corrected chi connectivity index (χ3v) is 11.0. The molecule has 3 aromatic heterocycles. The maximum Gasteiger partial charge on any atom is 0.265 e. The zero-order valence-corrected chi connectivity index (χ0v) is 32.0. The van der Waals surface area contributed by atoms with Crippen molar-refractivity contribution in [2.24, 2.45) is 7.05 Å². The van der Waals surface area contributed by atoms with Crippen molar-refractivity contribution < 1.29 is 23.8 Å². The number of nitrogens with one attached hydrogen (secondary N) is 1. The number of hydrogen-bond acceptors (Lipinski definition) is 11. The summed E-state index contributed by atoms with van der Waals surface area (Å²) in [6.07, 6.45) is 5.56. The first-order valence-electron chi connectivity index (χ1n) is 16.9. The number of thiophene rings is 1. The van der Waals surface area contributed by atoms with E-state index in [4.69, 9.17) is 14.2 Å². The molecule has 1 aliphatic rings. The van der Waals surface area contributed by atoms with Crippen molar-refractivity contribution in [1.29, 1.82) is 5.26 Å². The van der Waals surface area contributed by atoms with E-state index in [1.165, 1.54) is 33.3 Å². The lowest BCUT2D eigenvalue weighted by Crippen LogP contribution is -2.39. The standard InChI is InChI=1S/C39H40N6O6S2/c1-23-28-8-7-27(15-24(28)9-12-45(23)38(47)26(20-40)18-35-41-11-14-52-35)51-13-10-42-37(46)34-19-29-36(53-34)30(22-44(4)39(29)48)25-16-32(49-5)31(21-43(2)3)33(17-25)50-6/h7-8,11,14-19,22-23H,9-10,12-13,21H2,1-6H3,(H,42,46). The van der Waals surface area contributed by atoms with E-state index in [-0.39, 0.29) is 42.1 Å². The number of aromatic nitrogens is 2. The van der Waals surface area contributed by atoms with Crippen molar-refractivity contribution in [2.75, 3.05) is 48.0 Å². The Kier molecular flexibility index (Phi) is 11.3. The number of benzene rings is 2. The van der Waals surface area contributed by atoms with E-state index in [2.05, 4.69) is 10.3 Å². The molecule has 0 bridgehead atoms. The van der Waals surface area contributed by atoms with Crippen molar-refractivity contribution in [3.63, 3.8) is 0 Å². The van der Waals surface area contributed by atoms with Crippen molar-refractivity contribution in [3.05, 3.63) is 96.7 Å². The Morgan fingerprint density at radius 1 is 1.15 bits per heavy atom. The summed E-state index contributed by atoms with van der Waals surface area (Å²) in [4.78, 5) is 48.1. The Morgan fingerprint density at radius 3 is 2.57 bits per heavy atom. The minimum atomic E-state index is -0.318. The Bertz CT molecular complexity index is 2280. The van der Waals surface area contributed by atoms with Crippen LogP contribution in [0.25, 0.3) is 27.3 Å². The summed E-state index contributed by atoms with van der Waals surface area (Å²) in [5.74, 6) is 1.37. The Hall–Kier alpha value is -5.49. The molecule has 0 spiro atoms. The largest absolute Gasteiger partial charge is 0.496 e. The molecule has 274 valence electrons. The molecule has 53 heavy (non-hydrogen) atoms. The molecule has 5 aromatic rings. The average Bonchev–Trinajstić information content (AvgIpc) is 3.85. The number of carbonyl (C=O) groups excluding carboxylic acids is 2. The first-order chi connectivity index (χ1) is 25.5. The molecule has 1 N–H and O–H groups in total. The second-order valence-electron chi connectivity index (χ2n) is 12.8. The third-order valence-electron chi connectivity index (χ3n) is 9.11. The van der Waals surface area contributed by atoms with E-state index < -0.39 is 0 Å². The molecule has 2 amide bonds. The summed E-state index contributed by atoms with van der Waals surface area (Å²) in [6, 6.07) is 13.1. The van der Waals surface area contributed by atoms with Crippen LogP contribution in [0.2, 0.25) is 0 Å². The lowest BCUT2D eigenvalue weighted by molar-refractivity contribution is -0.129. The number of thiazole rings is 1. The van der Waals surface area contributed by atoms with Gasteiger partial charge >= 0.3 is 0 Å². The summed E-state index contributed by atoms with van der Waals surface area (Å²) in [7, 11) is 8.87. The molecule has 12 nitrogen and oxygen atoms in total. The number of ether oxygens (including phenoxy) is 3. The summed E-state index contributed by atoms with van der Waals surface area (Å²) in [6.45, 7) is 3.51. The summed E-state index contributed by atoms with van der Waals surface area (Å²) in [5, 5.41) is 15.4. The van der Waals surface area contributed by atoms with Gasteiger partial charge in [0.1, 0.15) is 40.5 Å². The molecule has 0 fully saturated rings. The molecule has 0 aliphatic carbocycles. The van der Waals surface area contributed by atoms with Gasteiger partial charge in [0.05, 0.1) is 42.6 Å². The number of hydrogen-bond donors (Lipinski definition) is 1. The zero-order valence-electron chi connectivity index (χ0n) is 30.4. The van der Waals surface area contributed by atoms with Gasteiger partial charge in [0.15, 0.2) is 0 Å². The molecule has 1 aliphatic heterocycles. The summed E-state index contributed by atoms with van der Waals surface area (Å²) < 4.78 is 19.7. The van der Waals surface area contributed by atoms with Crippen LogP contribution in [0.4, 0.5) is 0 Å². The van der Waals surface area contributed by atoms with Gasteiger partial charge in [-0.1, -0.05) is 6.07 Å². The fraction of sp³-hybridized carbons (Fsp3) is 0.308. The smallest absolute Gasteiger partial charge is 0.265 e. The molecule has 4 heterocycles. The number of carbonyl (C=O) groups is 2. The topological polar surface area (TPSA) is 139 Å². The van der Waals surface area contributed by atoms with Crippen molar-refractivity contribution in [2.45, 2.75) is 25.9 Å². The van der Waals surface area contributed by atoms with Crippen molar-refractivity contribution >= 4 is 50.7 Å². The Morgan fingerprint density at radius 2 is 1.91 bits per heavy atom. The first kappa shape index (κ1) is 37.3.